The van der Waals surface area contributed by atoms with Gasteiger partial charge >= 0.3 is 0 Å². The first-order valence-electron chi connectivity index (χ1n) is 12.4. The second kappa shape index (κ2) is 10.3. The molecule has 4 rings (SSSR count). The van der Waals surface area contributed by atoms with E-state index in [1.807, 2.05) is 77.7 Å². The Morgan fingerprint density at radius 2 is 1.34 bits per heavy atom. The Morgan fingerprint density at radius 1 is 0.771 bits per heavy atom. The largest absolute Gasteiger partial charge is 0.368 e. The molecule has 2 amide bonds. The number of nitrogens with one attached hydrogen (secondary N) is 1. The fraction of sp³-hybridized carbons (Fsp3) is 0.333. The van der Waals surface area contributed by atoms with Gasteiger partial charge in [-0.3, -0.25) is 9.59 Å². The quantitative estimate of drug-likeness (QED) is 0.517. The molecule has 1 aliphatic heterocycles. The van der Waals surface area contributed by atoms with E-state index in [0.717, 1.165) is 36.4 Å². The Hall–Kier alpha value is -3.60. The van der Waals surface area contributed by atoms with Crippen molar-refractivity contribution in [3.05, 3.63) is 95.1 Å². The molecule has 1 heterocycles. The standard InChI is InChI=1S/C30H35N3O2/c1-5-22-6-8-24(9-7-22)29(35)33-20-18-32(19-21-33)27-16-14-26(15-17-27)31-28(34)23-10-12-25(13-11-23)30(2,3)4/h6-17H,5,18-21H2,1-4H3,(H,31,34). The van der Waals surface area contributed by atoms with E-state index in [4.69, 9.17) is 0 Å². The van der Waals surface area contributed by atoms with Gasteiger partial charge in [-0.2, -0.15) is 0 Å². The summed E-state index contributed by atoms with van der Waals surface area (Å²) in [6.07, 6.45) is 0.972. The summed E-state index contributed by atoms with van der Waals surface area (Å²) in [5.41, 5.74) is 5.76. The van der Waals surface area contributed by atoms with Crippen LogP contribution in [0.3, 0.4) is 0 Å². The average molecular weight is 470 g/mol. The first kappa shape index (κ1) is 24.5. The Labute approximate surface area is 208 Å². The summed E-state index contributed by atoms with van der Waals surface area (Å²) in [7, 11) is 0. The molecular weight excluding hydrogens is 434 g/mol. The number of anilines is 2. The molecule has 1 aliphatic rings. The fourth-order valence-corrected chi connectivity index (χ4v) is 4.31. The predicted octanol–water partition coefficient (Wildman–Crippen LogP) is 5.76. The van der Waals surface area contributed by atoms with Crippen LogP contribution in [0.4, 0.5) is 11.4 Å². The van der Waals surface area contributed by atoms with Gasteiger partial charge in [0.1, 0.15) is 0 Å². The van der Waals surface area contributed by atoms with Crippen molar-refractivity contribution in [3.63, 3.8) is 0 Å². The summed E-state index contributed by atoms with van der Waals surface area (Å²) in [5, 5.41) is 2.98. The van der Waals surface area contributed by atoms with Gasteiger partial charge in [-0.1, -0.05) is 52.0 Å². The summed E-state index contributed by atoms with van der Waals surface area (Å²) in [4.78, 5) is 29.7. The summed E-state index contributed by atoms with van der Waals surface area (Å²) in [6.45, 7) is 11.5. The lowest BCUT2D eigenvalue weighted by Gasteiger charge is -2.36. The van der Waals surface area contributed by atoms with Gasteiger partial charge in [0.05, 0.1) is 0 Å². The van der Waals surface area contributed by atoms with Crippen LogP contribution in [0.15, 0.2) is 72.8 Å². The van der Waals surface area contributed by atoms with Crippen molar-refractivity contribution in [1.82, 2.24) is 4.90 Å². The molecule has 0 atom stereocenters. The minimum atomic E-state index is -0.114. The third-order valence-electron chi connectivity index (χ3n) is 6.68. The molecule has 0 radical (unpaired) electrons. The third kappa shape index (κ3) is 5.91. The highest BCUT2D eigenvalue weighted by Crippen LogP contribution is 2.23. The minimum Gasteiger partial charge on any atom is -0.368 e. The molecule has 0 aromatic heterocycles. The second-order valence-electron chi connectivity index (χ2n) is 10.2. The van der Waals surface area contributed by atoms with Crippen LogP contribution >= 0.6 is 0 Å². The summed E-state index contributed by atoms with van der Waals surface area (Å²) >= 11 is 0. The van der Waals surface area contributed by atoms with E-state index >= 15 is 0 Å². The zero-order valence-corrected chi connectivity index (χ0v) is 21.2. The molecule has 1 fully saturated rings. The molecule has 5 heteroatoms. The maximum atomic E-state index is 12.8. The van der Waals surface area contributed by atoms with Crippen molar-refractivity contribution in [3.8, 4) is 0 Å². The molecule has 182 valence electrons. The van der Waals surface area contributed by atoms with E-state index in [0.29, 0.717) is 18.7 Å². The van der Waals surface area contributed by atoms with E-state index in [9.17, 15) is 9.59 Å². The second-order valence-corrected chi connectivity index (χ2v) is 10.2. The average Bonchev–Trinajstić information content (AvgIpc) is 2.88. The van der Waals surface area contributed by atoms with Gasteiger partial charge in [-0.25, -0.2) is 0 Å². The van der Waals surface area contributed by atoms with Gasteiger partial charge in [-0.05, 0) is 71.5 Å². The summed E-state index contributed by atoms with van der Waals surface area (Å²) in [5.74, 6) is -0.0156. The highest BCUT2D eigenvalue weighted by Gasteiger charge is 2.22. The number of hydrogen-bond acceptors (Lipinski definition) is 3. The lowest BCUT2D eigenvalue weighted by Crippen LogP contribution is -2.48. The third-order valence-corrected chi connectivity index (χ3v) is 6.68. The normalized spacial score (nSPS) is 14.1. The number of carbonyl (C=O) groups excluding carboxylic acids is 2. The number of aryl methyl sites for hydroxylation is 1. The number of nitrogens with zero attached hydrogens (tertiary/aromatic N) is 2. The molecule has 0 saturated carbocycles. The Morgan fingerprint density at radius 3 is 1.89 bits per heavy atom. The van der Waals surface area contributed by atoms with Gasteiger partial charge in [-0.15, -0.1) is 0 Å². The maximum absolute atomic E-state index is 12.8. The Kier molecular flexibility index (Phi) is 7.25. The highest BCUT2D eigenvalue weighted by atomic mass is 16.2. The molecule has 0 aliphatic carbocycles. The monoisotopic (exact) mass is 469 g/mol. The van der Waals surface area contributed by atoms with Gasteiger partial charge in [0, 0.05) is 48.7 Å². The molecule has 3 aromatic rings. The number of hydrogen-bond donors (Lipinski definition) is 1. The fourth-order valence-electron chi connectivity index (χ4n) is 4.31. The van der Waals surface area contributed by atoms with Crippen LogP contribution in [0.5, 0.6) is 0 Å². The van der Waals surface area contributed by atoms with Crippen molar-refractivity contribution >= 4 is 23.2 Å². The number of rotatable bonds is 5. The predicted molar refractivity (Wildman–Crippen MR) is 143 cm³/mol. The van der Waals surface area contributed by atoms with Crippen molar-refractivity contribution in [2.75, 3.05) is 36.4 Å². The van der Waals surface area contributed by atoms with Crippen LogP contribution in [0, 0.1) is 0 Å². The zero-order valence-electron chi connectivity index (χ0n) is 21.2. The lowest BCUT2D eigenvalue weighted by molar-refractivity contribution is 0.0746. The van der Waals surface area contributed by atoms with E-state index in [1.54, 1.807) is 0 Å². The molecular formula is C30H35N3O2. The topological polar surface area (TPSA) is 52.7 Å². The van der Waals surface area contributed by atoms with E-state index in [2.05, 4.69) is 37.9 Å². The van der Waals surface area contributed by atoms with E-state index in [-0.39, 0.29) is 17.2 Å². The van der Waals surface area contributed by atoms with Crippen LogP contribution in [0.2, 0.25) is 0 Å². The molecule has 0 unspecified atom stereocenters. The Bertz CT molecular complexity index is 1150. The first-order chi connectivity index (χ1) is 16.7. The molecule has 5 nitrogen and oxygen atoms in total. The smallest absolute Gasteiger partial charge is 0.255 e. The Balaban J connectivity index is 1.31. The van der Waals surface area contributed by atoms with Gasteiger partial charge in [0.25, 0.3) is 11.8 Å². The van der Waals surface area contributed by atoms with Crippen LogP contribution in [0.25, 0.3) is 0 Å². The van der Waals surface area contributed by atoms with Crippen molar-refractivity contribution < 1.29 is 9.59 Å². The minimum absolute atomic E-state index is 0.0594. The van der Waals surface area contributed by atoms with Gasteiger partial charge < -0.3 is 15.1 Å². The highest BCUT2D eigenvalue weighted by molar-refractivity contribution is 6.04. The van der Waals surface area contributed by atoms with E-state index < -0.39 is 0 Å². The maximum Gasteiger partial charge on any atom is 0.255 e. The summed E-state index contributed by atoms with van der Waals surface area (Å²) in [6, 6.07) is 23.6. The SMILES string of the molecule is CCc1ccc(C(=O)N2CCN(c3ccc(NC(=O)c4ccc(C(C)(C)C)cc4)cc3)CC2)cc1. The molecule has 1 N–H and O–H groups in total. The molecule has 1 saturated heterocycles. The van der Waals surface area contributed by atoms with Gasteiger partial charge in [0.2, 0.25) is 0 Å². The van der Waals surface area contributed by atoms with Crippen molar-refractivity contribution in [2.45, 2.75) is 39.5 Å². The summed E-state index contributed by atoms with van der Waals surface area (Å²) < 4.78 is 0. The van der Waals surface area contributed by atoms with Crippen molar-refractivity contribution in [1.29, 1.82) is 0 Å². The van der Waals surface area contributed by atoms with Crippen molar-refractivity contribution in [2.24, 2.45) is 0 Å². The zero-order chi connectivity index (χ0) is 25.0. The first-order valence-corrected chi connectivity index (χ1v) is 12.4. The van der Waals surface area contributed by atoms with Crippen LogP contribution in [-0.4, -0.2) is 42.9 Å². The van der Waals surface area contributed by atoms with Crippen LogP contribution in [-0.2, 0) is 11.8 Å². The number of piperazine rings is 1. The molecule has 0 spiro atoms. The van der Waals surface area contributed by atoms with E-state index in [1.165, 1.54) is 11.1 Å². The number of amides is 2. The van der Waals surface area contributed by atoms with Crippen LogP contribution < -0.4 is 10.2 Å². The van der Waals surface area contributed by atoms with Gasteiger partial charge in [0.15, 0.2) is 0 Å². The molecule has 0 bridgehead atoms. The van der Waals surface area contributed by atoms with Crippen LogP contribution in [0.1, 0.15) is 59.5 Å². The molecule has 3 aromatic carbocycles. The lowest BCUT2D eigenvalue weighted by atomic mass is 9.87. The number of carbonyl (C=O) groups is 2. The number of benzene rings is 3. The molecule has 35 heavy (non-hydrogen) atoms.